The Hall–Kier alpha value is -5.01. The van der Waals surface area contributed by atoms with Gasteiger partial charge in [-0.1, -0.05) is 0 Å². The number of methoxy groups -OCH3 is 2. The lowest BCUT2D eigenvalue weighted by Gasteiger charge is -2.23. The number of carbonyl (C=O) groups excluding carboxylic acids is 2. The maximum atomic E-state index is 13.4. The van der Waals surface area contributed by atoms with Crippen molar-refractivity contribution in [2.45, 2.75) is 77.7 Å². The highest BCUT2D eigenvalue weighted by Crippen LogP contribution is 2.40. The van der Waals surface area contributed by atoms with Crippen molar-refractivity contribution in [3.8, 4) is 11.5 Å². The van der Waals surface area contributed by atoms with Crippen LogP contribution in [-0.4, -0.2) is 124 Å². The minimum atomic E-state index is -1.05. The van der Waals surface area contributed by atoms with Crippen LogP contribution in [0.15, 0.2) is 24.3 Å². The summed E-state index contributed by atoms with van der Waals surface area (Å²) >= 11 is 0. The summed E-state index contributed by atoms with van der Waals surface area (Å²) in [5.41, 5.74) is -1.63. The van der Waals surface area contributed by atoms with Crippen LogP contribution in [0.3, 0.4) is 0 Å². The molecule has 0 bridgehead atoms. The molecule has 19 heteroatoms. The third kappa shape index (κ3) is 15.0. The molecule has 0 spiro atoms. The highest BCUT2D eigenvalue weighted by Gasteiger charge is 2.31. The van der Waals surface area contributed by atoms with Crippen molar-refractivity contribution in [3.63, 3.8) is 0 Å². The normalized spacial score (nSPS) is 16.7. The number of hydrogen-bond acceptors (Lipinski definition) is 14. The van der Waals surface area contributed by atoms with Gasteiger partial charge in [-0.05, 0) is 89.1 Å². The molecular formula is C36H57FN8O10. The maximum absolute atomic E-state index is 13.4. The second kappa shape index (κ2) is 20.1. The molecule has 55 heavy (non-hydrogen) atoms. The number of amides is 2. The third-order valence-corrected chi connectivity index (χ3v) is 8.23. The van der Waals surface area contributed by atoms with Gasteiger partial charge in [0.2, 0.25) is 5.82 Å². The first-order chi connectivity index (χ1) is 25.5. The number of hydrogen-bond donors (Lipinski definition) is 3. The van der Waals surface area contributed by atoms with Crippen molar-refractivity contribution >= 4 is 40.6 Å². The smallest absolute Gasteiger partial charge is 0.412 e. The van der Waals surface area contributed by atoms with Gasteiger partial charge in [0.1, 0.15) is 28.4 Å². The first kappa shape index (κ1) is 46.1. The van der Waals surface area contributed by atoms with Crippen LogP contribution in [0.1, 0.15) is 54.4 Å². The summed E-state index contributed by atoms with van der Waals surface area (Å²) in [5.74, 6) is -0.754. The highest BCUT2D eigenvalue weighted by molar-refractivity contribution is 5.90. The Kier molecular flexibility index (Phi) is 16.8. The van der Waals surface area contributed by atoms with Gasteiger partial charge in [-0.25, -0.2) is 9.59 Å². The molecule has 0 saturated carbocycles. The van der Waals surface area contributed by atoms with Gasteiger partial charge in [-0.15, -0.1) is 0 Å². The summed E-state index contributed by atoms with van der Waals surface area (Å²) in [6.45, 7) is 14.0. The Bertz CT molecular complexity index is 1640. The SMILES string of the molecule is CN(C)C1CCNC1.COc1cc(F)c([N+](=O)[O-])cc1NC(=O)OC(C)(C)C.COc1cc(N2CCC(N(C)C)C2)c([N+](=O)[O-])cc1NC(=O)OC(C)(C)C. The van der Waals surface area contributed by atoms with E-state index in [2.05, 4.69) is 39.8 Å². The molecule has 2 aliphatic rings. The van der Waals surface area contributed by atoms with Crippen LogP contribution in [0.5, 0.6) is 11.5 Å². The zero-order valence-corrected chi connectivity index (χ0v) is 33.9. The van der Waals surface area contributed by atoms with E-state index in [9.17, 15) is 34.2 Å². The Morgan fingerprint density at radius 2 is 1.27 bits per heavy atom. The number of benzene rings is 2. The Morgan fingerprint density at radius 1 is 0.800 bits per heavy atom. The predicted octanol–water partition coefficient (Wildman–Crippen LogP) is 6.09. The number of nitro groups is 2. The van der Waals surface area contributed by atoms with Gasteiger partial charge in [0.05, 0.1) is 35.4 Å². The number of carbonyl (C=O) groups is 2. The molecule has 0 aromatic heterocycles. The van der Waals surface area contributed by atoms with E-state index < -0.39 is 44.7 Å². The van der Waals surface area contributed by atoms with Gasteiger partial charge in [0, 0.05) is 56.0 Å². The molecule has 2 aromatic carbocycles. The quantitative estimate of drug-likeness (QED) is 0.195. The number of halogens is 1. The molecule has 2 amide bonds. The molecule has 0 radical (unpaired) electrons. The van der Waals surface area contributed by atoms with E-state index in [1.165, 1.54) is 39.8 Å². The lowest BCUT2D eigenvalue weighted by molar-refractivity contribution is -0.387. The van der Waals surface area contributed by atoms with E-state index in [0.29, 0.717) is 30.6 Å². The van der Waals surface area contributed by atoms with Crippen molar-refractivity contribution in [3.05, 3.63) is 50.3 Å². The number of nitro benzene ring substituents is 2. The molecule has 2 atom stereocenters. The van der Waals surface area contributed by atoms with Gasteiger partial charge in [-0.2, -0.15) is 4.39 Å². The lowest BCUT2D eigenvalue weighted by Crippen LogP contribution is -2.31. The molecule has 2 heterocycles. The number of likely N-dealkylation sites (N-methyl/N-ethyl adjacent to an activating group) is 2. The number of nitrogens with zero attached hydrogens (tertiary/aromatic N) is 5. The van der Waals surface area contributed by atoms with E-state index >= 15 is 0 Å². The van der Waals surface area contributed by atoms with Crippen LogP contribution < -0.4 is 30.3 Å². The predicted molar refractivity (Wildman–Crippen MR) is 208 cm³/mol. The number of ether oxygens (including phenoxy) is 4. The topological polar surface area (TPSA) is 203 Å². The second-order valence-electron chi connectivity index (χ2n) is 15.3. The van der Waals surface area contributed by atoms with Crippen molar-refractivity contribution in [2.75, 3.05) is 84.1 Å². The second-order valence-corrected chi connectivity index (χ2v) is 15.3. The van der Waals surface area contributed by atoms with E-state index in [1.54, 1.807) is 47.6 Å². The minimum absolute atomic E-state index is 0.0426. The first-order valence-electron chi connectivity index (χ1n) is 17.6. The third-order valence-electron chi connectivity index (χ3n) is 8.23. The highest BCUT2D eigenvalue weighted by atomic mass is 19.1. The lowest BCUT2D eigenvalue weighted by atomic mass is 10.2. The molecule has 2 unspecified atom stereocenters. The monoisotopic (exact) mass is 780 g/mol. The van der Waals surface area contributed by atoms with Crippen molar-refractivity contribution in [1.29, 1.82) is 0 Å². The van der Waals surface area contributed by atoms with Crippen molar-refractivity contribution in [1.82, 2.24) is 15.1 Å². The molecule has 2 fully saturated rings. The Balaban J connectivity index is 0.000000325. The van der Waals surface area contributed by atoms with Gasteiger partial charge in [0.25, 0.3) is 5.69 Å². The summed E-state index contributed by atoms with van der Waals surface area (Å²) in [6, 6.07) is 5.73. The summed E-state index contributed by atoms with van der Waals surface area (Å²) < 4.78 is 33.8. The number of nitrogens with one attached hydrogen (secondary N) is 3. The van der Waals surface area contributed by atoms with E-state index in [0.717, 1.165) is 24.6 Å². The van der Waals surface area contributed by atoms with Crippen molar-refractivity contribution < 1.29 is 42.8 Å². The molecule has 2 saturated heterocycles. The molecule has 0 aliphatic carbocycles. The van der Waals surface area contributed by atoms with Crippen LogP contribution in [0.2, 0.25) is 0 Å². The fraction of sp³-hybridized carbons (Fsp3) is 0.611. The zero-order valence-electron chi connectivity index (χ0n) is 33.9. The fourth-order valence-corrected chi connectivity index (χ4v) is 5.46. The Labute approximate surface area is 321 Å². The van der Waals surface area contributed by atoms with Gasteiger partial charge in [0.15, 0.2) is 0 Å². The minimum Gasteiger partial charge on any atom is -0.494 e. The van der Waals surface area contributed by atoms with Gasteiger partial charge >= 0.3 is 17.9 Å². The van der Waals surface area contributed by atoms with Gasteiger partial charge in [-0.3, -0.25) is 30.9 Å². The fourth-order valence-electron chi connectivity index (χ4n) is 5.46. The Morgan fingerprint density at radius 3 is 1.64 bits per heavy atom. The van der Waals surface area contributed by atoms with E-state index in [1.807, 2.05) is 19.0 Å². The molecule has 3 N–H and O–H groups in total. The zero-order chi connectivity index (χ0) is 41.8. The van der Waals surface area contributed by atoms with Crippen LogP contribution >= 0.6 is 0 Å². The van der Waals surface area contributed by atoms with Crippen molar-refractivity contribution in [2.24, 2.45) is 0 Å². The van der Waals surface area contributed by atoms with Crippen LogP contribution in [-0.2, 0) is 9.47 Å². The first-order valence-corrected chi connectivity index (χ1v) is 17.6. The average molecular weight is 781 g/mol. The molecular weight excluding hydrogens is 723 g/mol. The summed E-state index contributed by atoms with van der Waals surface area (Å²) in [7, 11) is 11.0. The standard InChI is InChI=1S/C18H28N4O5.C12H15FN2O5.C6H14N2/c1-18(2,3)27-17(23)19-13-9-15(22(24)25)14(10-16(13)26-6)21-8-7-12(11-21)20(4)5;1-12(2,3)20-11(16)14-8-6-9(15(17)18)7(13)5-10(8)19-4;1-8(2)6-3-4-7-5-6/h9-10,12H,7-8,11H2,1-6H3,(H,19,23);5-6H,1-4H3,(H,14,16);6-7H,3-5H2,1-2H3. The summed E-state index contributed by atoms with van der Waals surface area (Å²) in [6.07, 6.45) is 0.714. The van der Waals surface area contributed by atoms with Gasteiger partial charge < -0.3 is 39.0 Å². The largest absolute Gasteiger partial charge is 0.494 e. The van der Waals surface area contributed by atoms with E-state index in [4.69, 9.17) is 18.9 Å². The van der Waals surface area contributed by atoms with Crippen LogP contribution in [0, 0.1) is 26.0 Å². The number of rotatable bonds is 9. The molecule has 18 nitrogen and oxygen atoms in total. The number of anilines is 3. The summed E-state index contributed by atoms with van der Waals surface area (Å²) in [4.78, 5) is 51.0. The molecule has 4 rings (SSSR count). The van der Waals surface area contributed by atoms with Crippen LogP contribution in [0.25, 0.3) is 0 Å². The van der Waals surface area contributed by atoms with E-state index in [-0.39, 0.29) is 22.8 Å². The molecule has 2 aromatic rings. The molecule has 2 aliphatic heterocycles. The maximum Gasteiger partial charge on any atom is 0.412 e. The summed E-state index contributed by atoms with van der Waals surface area (Å²) in [5, 5.41) is 30.4. The van der Waals surface area contributed by atoms with Crippen LogP contribution in [0.4, 0.5) is 42.4 Å². The molecule has 308 valence electrons. The average Bonchev–Trinajstić information content (AvgIpc) is 3.78.